The summed E-state index contributed by atoms with van der Waals surface area (Å²) in [6.07, 6.45) is 1.97. The summed E-state index contributed by atoms with van der Waals surface area (Å²) in [4.78, 5) is 1.35. The van der Waals surface area contributed by atoms with Crippen LogP contribution in [0.5, 0.6) is 0 Å². The second-order valence-corrected chi connectivity index (χ2v) is 5.23. The van der Waals surface area contributed by atoms with E-state index in [4.69, 9.17) is 5.73 Å². The van der Waals surface area contributed by atoms with Gasteiger partial charge in [-0.05, 0) is 40.7 Å². The zero-order chi connectivity index (χ0) is 9.19. The van der Waals surface area contributed by atoms with E-state index in [1.807, 2.05) is 0 Å². The number of rotatable bonds is 3. The van der Waals surface area contributed by atoms with Gasteiger partial charge in [0.25, 0.3) is 0 Å². The van der Waals surface area contributed by atoms with Gasteiger partial charge in [0, 0.05) is 21.3 Å². The number of thiophene rings is 1. The highest BCUT2D eigenvalue weighted by Gasteiger charge is 2.18. The molecule has 0 bridgehead atoms. The highest BCUT2D eigenvalue weighted by molar-refractivity contribution is 9.10. The molecule has 0 radical (unpaired) electrons. The summed E-state index contributed by atoms with van der Waals surface area (Å²) >= 11 is 5.27. The van der Waals surface area contributed by atoms with E-state index in [1.54, 1.807) is 11.3 Å². The molecule has 1 aromatic heterocycles. The zero-order valence-electron chi connectivity index (χ0n) is 7.43. The first-order valence-electron chi connectivity index (χ1n) is 4.06. The third kappa shape index (κ3) is 2.57. The van der Waals surface area contributed by atoms with Crippen molar-refractivity contribution in [3.8, 4) is 0 Å². The normalized spacial score (nSPS) is 16.0. The number of hydrogen-bond donors (Lipinski definition) is 1. The van der Waals surface area contributed by atoms with Gasteiger partial charge >= 0.3 is 0 Å². The minimum atomic E-state index is -0.0621. The lowest BCUT2D eigenvalue weighted by atomic mass is 9.95. The van der Waals surface area contributed by atoms with Gasteiger partial charge in [0.15, 0.2) is 0 Å². The van der Waals surface area contributed by atoms with E-state index < -0.39 is 0 Å². The molecule has 0 saturated carbocycles. The molecule has 0 saturated heterocycles. The molecule has 0 aliphatic heterocycles. The quantitative estimate of drug-likeness (QED) is 0.873. The number of halogens is 1. The molecular formula is C9H14BrNS. The summed E-state index contributed by atoms with van der Waals surface area (Å²) in [6, 6.07) is 2.08. The van der Waals surface area contributed by atoms with E-state index in [0.717, 1.165) is 12.8 Å². The van der Waals surface area contributed by atoms with Gasteiger partial charge in [-0.25, -0.2) is 0 Å². The minimum Gasteiger partial charge on any atom is -0.325 e. The molecule has 1 nitrogen and oxygen atoms in total. The summed E-state index contributed by atoms with van der Waals surface area (Å²) in [5, 5.41) is 2.09. The fourth-order valence-electron chi connectivity index (χ4n) is 0.943. The van der Waals surface area contributed by atoms with Crippen LogP contribution in [0.25, 0.3) is 0 Å². The molecule has 0 aromatic carbocycles. The van der Waals surface area contributed by atoms with E-state index >= 15 is 0 Å². The third-order valence-electron chi connectivity index (χ3n) is 2.06. The minimum absolute atomic E-state index is 0.0621. The Morgan fingerprint density at radius 3 is 2.75 bits per heavy atom. The lowest BCUT2D eigenvalue weighted by Crippen LogP contribution is -2.37. The Balaban J connectivity index is 2.70. The second kappa shape index (κ2) is 3.90. The molecule has 1 atom stereocenters. The molecule has 3 heteroatoms. The van der Waals surface area contributed by atoms with Gasteiger partial charge in [-0.2, -0.15) is 0 Å². The Morgan fingerprint density at radius 1 is 1.67 bits per heavy atom. The van der Waals surface area contributed by atoms with Crippen LogP contribution in [0.1, 0.15) is 25.1 Å². The molecule has 0 fully saturated rings. The van der Waals surface area contributed by atoms with Crippen LogP contribution in [0.2, 0.25) is 0 Å². The fraction of sp³-hybridized carbons (Fsp3) is 0.556. The Labute approximate surface area is 86.1 Å². The lowest BCUT2D eigenvalue weighted by Gasteiger charge is -2.21. The van der Waals surface area contributed by atoms with Crippen molar-refractivity contribution in [1.29, 1.82) is 0 Å². The van der Waals surface area contributed by atoms with Crippen molar-refractivity contribution in [2.24, 2.45) is 5.73 Å². The van der Waals surface area contributed by atoms with Crippen molar-refractivity contribution in [3.05, 3.63) is 20.8 Å². The second-order valence-electron chi connectivity index (χ2n) is 3.38. The average molecular weight is 248 g/mol. The lowest BCUT2D eigenvalue weighted by molar-refractivity contribution is 0.452. The Kier molecular flexibility index (Phi) is 3.32. The van der Waals surface area contributed by atoms with Crippen molar-refractivity contribution in [2.45, 2.75) is 32.2 Å². The Hall–Kier alpha value is 0.140. The molecule has 68 valence electrons. The van der Waals surface area contributed by atoms with Crippen LogP contribution in [0.4, 0.5) is 0 Å². The van der Waals surface area contributed by atoms with Gasteiger partial charge in [-0.15, -0.1) is 11.3 Å². The number of nitrogens with two attached hydrogens (primary N) is 1. The summed E-state index contributed by atoms with van der Waals surface area (Å²) < 4.78 is 1.19. The van der Waals surface area contributed by atoms with Gasteiger partial charge in [0.05, 0.1) is 0 Å². The molecule has 0 aliphatic rings. The first-order valence-corrected chi connectivity index (χ1v) is 5.73. The molecule has 0 spiro atoms. The largest absolute Gasteiger partial charge is 0.325 e. The van der Waals surface area contributed by atoms with E-state index in [9.17, 15) is 0 Å². The SMILES string of the molecule is CCC(C)(N)Cc1sccc1Br. The summed E-state index contributed by atoms with van der Waals surface area (Å²) in [6.45, 7) is 4.22. The smallest absolute Gasteiger partial charge is 0.0315 e. The highest BCUT2D eigenvalue weighted by atomic mass is 79.9. The molecule has 2 N–H and O–H groups in total. The van der Waals surface area contributed by atoms with Crippen molar-refractivity contribution in [3.63, 3.8) is 0 Å². The maximum absolute atomic E-state index is 6.06. The highest BCUT2D eigenvalue weighted by Crippen LogP contribution is 2.26. The van der Waals surface area contributed by atoms with E-state index in [1.165, 1.54) is 9.35 Å². The average Bonchev–Trinajstić information content (AvgIpc) is 2.36. The van der Waals surface area contributed by atoms with Crippen LogP contribution in [-0.2, 0) is 6.42 Å². The van der Waals surface area contributed by atoms with Gasteiger partial charge in [-0.3, -0.25) is 0 Å². The van der Waals surface area contributed by atoms with Crippen LogP contribution >= 0.6 is 27.3 Å². The Bertz CT molecular complexity index is 255. The van der Waals surface area contributed by atoms with Crippen molar-refractivity contribution < 1.29 is 0 Å². The molecular weight excluding hydrogens is 234 g/mol. The summed E-state index contributed by atoms with van der Waals surface area (Å²) in [7, 11) is 0. The Morgan fingerprint density at radius 2 is 2.33 bits per heavy atom. The molecule has 12 heavy (non-hydrogen) atoms. The zero-order valence-corrected chi connectivity index (χ0v) is 9.83. The van der Waals surface area contributed by atoms with Crippen LogP contribution in [0, 0.1) is 0 Å². The standard InChI is InChI=1S/C9H14BrNS/c1-3-9(2,11)6-8-7(10)4-5-12-8/h4-5H,3,6,11H2,1-2H3. The predicted octanol–water partition coefficient (Wildman–Crippen LogP) is 3.18. The maximum atomic E-state index is 6.06. The van der Waals surface area contributed by atoms with Crippen molar-refractivity contribution >= 4 is 27.3 Å². The van der Waals surface area contributed by atoms with Gasteiger partial charge in [0.1, 0.15) is 0 Å². The van der Waals surface area contributed by atoms with Crippen LogP contribution in [-0.4, -0.2) is 5.54 Å². The van der Waals surface area contributed by atoms with E-state index in [0.29, 0.717) is 0 Å². The van der Waals surface area contributed by atoms with Crippen LogP contribution in [0.3, 0.4) is 0 Å². The summed E-state index contributed by atoms with van der Waals surface area (Å²) in [5.41, 5.74) is 6.00. The van der Waals surface area contributed by atoms with E-state index in [2.05, 4.69) is 41.2 Å². The van der Waals surface area contributed by atoms with E-state index in [-0.39, 0.29) is 5.54 Å². The van der Waals surface area contributed by atoms with Crippen LogP contribution in [0.15, 0.2) is 15.9 Å². The van der Waals surface area contributed by atoms with Crippen LogP contribution < -0.4 is 5.73 Å². The molecule has 0 aliphatic carbocycles. The molecule has 1 unspecified atom stereocenters. The van der Waals surface area contributed by atoms with Gasteiger partial charge in [-0.1, -0.05) is 6.92 Å². The predicted molar refractivity (Wildman–Crippen MR) is 58.6 cm³/mol. The molecule has 0 amide bonds. The topological polar surface area (TPSA) is 26.0 Å². The van der Waals surface area contributed by atoms with Gasteiger partial charge < -0.3 is 5.73 Å². The number of hydrogen-bond acceptors (Lipinski definition) is 2. The monoisotopic (exact) mass is 247 g/mol. The summed E-state index contributed by atoms with van der Waals surface area (Å²) in [5.74, 6) is 0. The molecule has 1 aromatic rings. The van der Waals surface area contributed by atoms with Crippen molar-refractivity contribution in [1.82, 2.24) is 0 Å². The molecule has 1 rings (SSSR count). The third-order valence-corrected chi connectivity index (χ3v) is 3.99. The molecule has 1 heterocycles. The van der Waals surface area contributed by atoms with Crippen molar-refractivity contribution in [2.75, 3.05) is 0 Å². The maximum Gasteiger partial charge on any atom is 0.0315 e. The first-order chi connectivity index (χ1) is 5.55. The van der Waals surface area contributed by atoms with Gasteiger partial charge in [0.2, 0.25) is 0 Å². The fourth-order valence-corrected chi connectivity index (χ4v) is 2.63. The first kappa shape index (κ1) is 10.2.